The topological polar surface area (TPSA) is 76.2 Å². The molecule has 2 rings (SSSR count). The summed E-state index contributed by atoms with van der Waals surface area (Å²) in [5, 5.41) is 10.0. The van der Waals surface area contributed by atoms with E-state index in [0.29, 0.717) is 34.2 Å². The molecule has 27 heavy (non-hydrogen) atoms. The van der Waals surface area contributed by atoms with Crippen LogP contribution in [0.5, 0.6) is 11.5 Å². The zero-order valence-electron chi connectivity index (χ0n) is 16.7. The van der Waals surface area contributed by atoms with Gasteiger partial charge in [-0.2, -0.15) is 5.10 Å². The molecule has 0 saturated carbocycles. The first-order valence-electron chi connectivity index (χ1n) is 9.09. The number of ether oxygens (including phenoxy) is 2. The number of aromatic amines is 1. The van der Waals surface area contributed by atoms with Crippen LogP contribution in [0.3, 0.4) is 0 Å². The average molecular weight is 438 g/mol. The monoisotopic (exact) mass is 437 g/mol. The molecule has 2 N–H and O–H groups in total. The summed E-state index contributed by atoms with van der Waals surface area (Å²) in [4.78, 5) is 12.6. The molecule has 1 aromatic carbocycles. The van der Waals surface area contributed by atoms with Crippen molar-refractivity contribution in [1.82, 2.24) is 15.5 Å². The zero-order valence-corrected chi connectivity index (χ0v) is 18.3. The molecular formula is C20H28BrN3O3. The molecule has 1 unspecified atom stereocenters. The molecule has 0 saturated heterocycles. The van der Waals surface area contributed by atoms with Gasteiger partial charge in [-0.05, 0) is 52.4 Å². The third-order valence-corrected chi connectivity index (χ3v) is 4.94. The number of H-pyrrole nitrogens is 1. The van der Waals surface area contributed by atoms with Crippen LogP contribution < -0.4 is 14.8 Å². The number of aromatic nitrogens is 2. The average Bonchev–Trinajstić information content (AvgIpc) is 3.01. The number of benzene rings is 1. The largest absolute Gasteiger partial charge is 0.493 e. The van der Waals surface area contributed by atoms with Crippen molar-refractivity contribution in [3.05, 3.63) is 39.6 Å². The van der Waals surface area contributed by atoms with Crippen LogP contribution >= 0.6 is 15.9 Å². The molecule has 0 aliphatic rings. The van der Waals surface area contributed by atoms with E-state index in [4.69, 9.17) is 9.47 Å². The Labute approximate surface area is 169 Å². The summed E-state index contributed by atoms with van der Waals surface area (Å²) in [6, 6.07) is 5.49. The quantitative estimate of drug-likeness (QED) is 0.619. The normalized spacial score (nSPS) is 12.3. The lowest BCUT2D eigenvalue weighted by Gasteiger charge is -2.17. The van der Waals surface area contributed by atoms with E-state index in [1.54, 1.807) is 7.11 Å². The van der Waals surface area contributed by atoms with Gasteiger partial charge in [0.15, 0.2) is 17.2 Å². The predicted molar refractivity (Wildman–Crippen MR) is 110 cm³/mol. The van der Waals surface area contributed by atoms with Gasteiger partial charge in [-0.25, -0.2) is 0 Å². The van der Waals surface area contributed by atoms with Crippen LogP contribution in [0.2, 0.25) is 0 Å². The smallest absolute Gasteiger partial charge is 0.273 e. The summed E-state index contributed by atoms with van der Waals surface area (Å²) in [7, 11) is 1.61. The van der Waals surface area contributed by atoms with E-state index in [-0.39, 0.29) is 17.9 Å². The van der Waals surface area contributed by atoms with Gasteiger partial charge in [-0.15, -0.1) is 0 Å². The summed E-state index contributed by atoms with van der Waals surface area (Å²) >= 11 is 3.47. The lowest BCUT2D eigenvalue weighted by atomic mass is 10.1. The minimum absolute atomic E-state index is 0.211. The van der Waals surface area contributed by atoms with Gasteiger partial charge in [0, 0.05) is 0 Å². The number of nitrogens with zero attached hydrogens (tertiary/aromatic N) is 1. The maximum atomic E-state index is 12.6. The molecule has 6 nitrogen and oxygen atoms in total. The number of carbonyl (C=O) groups is 1. The molecule has 1 atom stereocenters. The minimum atomic E-state index is -0.239. The standard InChI is InChI=1S/C20H28BrN3O3/c1-11(2)10-27-15-8-7-14(9-16(15)26-6)13(5)22-20(25)19-17(21)18(12(3)4)23-24-19/h7-9,11-13H,10H2,1-6H3,(H,22,25)(H,23,24). The molecule has 0 aliphatic carbocycles. The third-order valence-electron chi connectivity index (χ3n) is 4.13. The van der Waals surface area contributed by atoms with Crippen molar-refractivity contribution in [3.63, 3.8) is 0 Å². The number of amides is 1. The van der Waals surface area contributed by atoms with Crippen molar-refractivity contribution >= 4 is 21.8 Å². The highest BCUT2D eigenvalue weighted by molar-refractivity contribution is 9.10. The van der Waals surface area contributed by atoms with E-state index < -0.39 is 0 Å². The Hall–Kier alpha value is -2.02. The lowest BCUT2D eigenvalue weighted by molar-refractivity contribution is 0.0934. The second kappa shape index (κ2) is 9.26. The predicted octanol–water partition coefficient (Wildman–Crippen LogP) is 4.83. The number of methoxy groups -OCH3 is 1. The summed E-state index contributed by atoms with van der Waals surface area (Å²) < 4.78 is 11.9. The zero-order chi connectivity index (χ0) is 20.1. The molecule has 7 heteroatoms. The van der Waals surface area contributed by atoms with Gasteiger partial charge in [0.25, 0.3) is 5.91 Å². The first-order chi connectivity index (χ1) is 12.7. The van der Waals surface area contributed by atoms with Crippen molar-refractivity contribution < 1.29 is 14.3 Å². The van der Waals surface area contributed by atoms with Crippen LogP contribution in [0, 0.1) is 5.92 Å². The van der Waals surface area contributed by atoms with Crippen LogP contribution in [-0.2, 0) is 0 Å². The Morgan fingerprint density at radius 1 is 1.22 bits per heavy atom. The molecule has 0 spiro atoms. The molecule has 0 radical (unpaired) electrons. The summed E-state index contributed by atoms with van der Waals surface area (Å²) in [5.41, 5.74) is 2.18. The van der Waals surface area contributed by atoms with Crippen molar-refractivity contribution in [1.29, 1.82) is 0 Å². The molecule has 148 valence electrons. The van der Waals surface area contributed by atoms with Crippen molar-refractivity contribution in [3.8, 4) is 11.5 Å². The first-order valence-corrected chi connectivity index (χ1v) is 9.89. The van der Waals surface area contributed by atoms with Crippen molar-refractivity contribution in [2.24, 2.45) is 5.92 Å². The van der Waals surface area contributed by atoms with Gasteiger partial charge in [0.1, 0.15) is 0 Å². The fourth-order valence-electron chi connectivity index (χ4n) is 2.55. The molecule has 0 bridgehead atoms. The Morgan fingerprint density at radius 3 is 2.48 bits per heavy atom. The molecule has 2 aromatic rings. The second-order valence-corrected chi connectivity index (χ2v) is 8.06. The van der Waals surface area contributed by atoms with Gasteiger partial charge in [-0.3, -0.25) is 9.89 Å². The fourth-order valence-corrected chi connectivity index (χ4v) is 3.37. The molecular weight excluding hydrogens is 410 g/mol. The Balaban J connectivity index is 2.13. The van der Waals surface area contributed by atoms with E-state index in [9.17, 15) is 4.79 Å². The minimum Gasteiger partial charge on any atom is -0.493 e. The molecule has 1 aromatic heterocycles. The maximum absolute atomic E-state index is 12.6. The molecule has 1 amide bonds. The van der Waals surface area contributed by atoms with Crippen molar-refractivity contribution in [2.75, 3.05) is 13.7 Å². The van der Waals surface area contributed by atoms with Crippen LogP contribution in [0.25, 0.3) is 0 Å². The summed E-state index contributed by atoms with van der Waals surface area (Å²) in [6.45, 7) is 10.8. The van der Waals surface area contributed by atoms with Gasteiger partial charge >= 0.3 is 0 Å². The van der Waals surface area contributed by atoms with Crippen LogP contribution in [0.1, 0.15) is 68.3 Å². The van der Waals surface area contributed by atoms with E-state index in [1.807, 2.05) is 39.0 Å². The first kappa shape index (κ1) is 21.3. The van der Waals surface area contributed by atoms with Crippen molar-refractivity contribution in [2.45, 2.75) is 46.6 Å². The van der Waals surface area contributed by atoms with Crippen LogP contribution in [0.15, 0.2) is 22.7 Å². The maximum Gasteiger partial charge on any atom is 0.273 e. The summed E-state index contributed by atoms with van der Waals surface area (Å²) in [5.74, 6) is 1.78. The molecule has 1 heterocycles. The number of halogens is 1. The lowest BCUT2D eigenvalue weighted by Crippen LogP contribution is -2.27. The number of carbonyl (C=O) groups excluding carboxylic acids is 1. The Bertz CT molecular complexity index is 787. The van der Waals surface area contributed by atoms with Crippen LogP contribution in [-0.4, -0.2) is 29.8 Å². The highest BCUT2D eigenvalue weighted by Gasteiger charge is 2.21. The molecule has 0 fully saturated rings. The second-order valence-electron chi connectivity index (χ2n) is 7.26. The molecule has 0 aliphatic heterocycles. The number of hydrogen-bond acceptors (Lipinski definition) is 4. The Morgan fingerprint density at radius 2 is 1.93 bits per heavy atom. The highest BCUT2D eigenvalue weighted by Crippen LogP contribution is 2.31. The Kier molecular flexibility index (Phi) is 7.30. The van der Waals surface area contributed by atoms with Gasteiger partial charge in [0.2, 0.25) is 0 Å². The van der Waals surface area contributed by atoms with Gasteiger partial charge in [0.05, 0.1) is 29.9 Å². The number of hydrogen-bond donors (Lipinski definition) is 2. The number of rotatable bonds is 8. The van der Waals surface area contributed by atoms with Gasteiger partial charge < -0.3 is 14.8 Å². The van der Waals surface area contributed by atoms with Crippen LogP contribution in [0.4, 0.5) is 0 Å². The third kappa shape index (κ3) is 5.25. The highest BCUT2D eigenvalue weighted by atomic mass is 79.9. The van der Waals surface area contributed by atoms with Gasteiger partial charge in [-0.1, -0.05) is 33.8 Å². The van der Waals surface area contributed by atoms with E-state index in [1.165, 1.54) is 0 Å². The van der Waals surface area contributed by atoms with E-state index in [2.05, 4.69) is 45.3 Å². The summed E-state index contributed by atoms with van der Waals surface area (Å²) in [6.07, 6.45) is 0. The van der Waals surface area contributed by atoms with E-state index in [0.717, 1.165) is 11.3 Å². The fraction of sp³-hybridized carbons (Fsp3) is 0.500. The van der Waals surface area contributed by atoms with E-state index >= 15 is 0 Å². The number of nitrogens with one attached hydrogen (secondary N) is 2. The SMILES string of the molecule is COc1cc(C(C)NC(=O)c2n[nH]c(C(C)C)c2Br)ccc1OCC(C)C.